The number of alkyl halides is 3. The normalized spacial score (nSPS) is 11.6. The molecule has 0 spiro atoms. The molecule has 0 fully saturated rings. The van der Waals surface area contributed by atoms with Crippen LogP contribution in [0.5, 0.6) is 5.75 Å². The van der Waals surface area contributed by atoms with Gasteiger partial charge in [0.05, 0.1) is 37.4 Å². The summed E-state index contributed by atoms with van der Waals surface area (Å²) in [4.78, 5) is 18.1. The van der Waals surface area contributed by atoms with E-state index in [2.05, 4.69) is 10.1 Å². The minimum Gasteiger partial charge on any atom is -0.493 e. The fraction of sp³-hybridized carbons (Fsp3) is 0.348. The number of nitrogens with zero attached hydrogens (tertiary/aromatic N) is 3. The Labute approximate surface area is 189 Å². The maximum atomic E-state index is 12.8. The number of rotatable bonds is 10. The summed E-state index contributed by atoms with van der Waals surface area (Å²) in [7, 11) is 0. The fourth-order valence-electron chi connectivity index (χ4n) is 3.17. The number of halogens is 3. The molecule has 0 bridgehead atoms. The van der Waals surface area contributed by atoms with Crippen molar-refractivity contribution >= 4 is 5.97 Å². The zero-order chi connectivity index (χ0) is 23.8. The highest BCUT2D eigenvalue weighted by Gasteiger charge is 2.30. The summed E-state index contributed by atoms with van der Waals surface area (Å²) in [6.07, 6.45) is -4.42. The number of carbonyl (C=O) groups is 1. The molecule has 1 aromatic heterocycles. The van der Waals surface area contributed by atoms with Crippen molar-refractivity contribution in [2.75, 3.05) is 19.8 Å². The molecule has 0 saturated heterocycles. The Morgan fingerprint density at radius 2 is 1.76 bits per heavy atom. The summed E-state index contributed by atoms with van der Waals surface area (Å²) < 4.78 is 54.5. The van der Waals surface area contributed by atoms with Gasteiger partial charge in [-0.1, -0.05) is 29.4 Å². The Morgan fingerprint density at radius 1 is 1.03 bits per heavy atom. The zero-order valence-corrected chi connectivity index (χ0v) is 18.3. The van der Waals surface area contributed by atoms with Gasteiger partial charge in [-0.15, -0.1) is 0 Å². The Balaban J connectivity index is 1.78. The maximum absolute atomic E-state index is 12.8. The molecule has 3 aromatic rings. The molecular weight excluding hydrogens is 439 g/mol. The number of hydrogen-bond donors (Lipinski definition) is 0. The number of ether oxygens (including phenoxy) is 2. The van der Waals surface area contributed by atoms with Gasteiger partial charge in [0.2, 0.25) is 11.7 Å². The first kappa shape index (κ1) is 24.2. The third-order valence-corrected chi connectivity index (χ3v) is 4.60. The summed E-state index contributed by atoms with van der Waals surface area (Å²) in [5, 5.41) is 4.01. The molecule has 0 aliphatic heterocycles. The largest absolute Gasteiger partial charge is 0.493 e. The number of carbonyl (C=O) groups excluding carboxylic acids is 1. The lowest BCUT2D eigenvalue weighted by Gasteiger charge is -2.19. The lowest BCUT2D eigenvalue weighted by Crippen LogP contribution is -2.30. The molecular formula is C23H24F3N3O4. The quantitative estimate of drug-likeness (QED) is 0.403. The van der Waals surface area contributed by atoms with Crippen molar-refractivity contribution < 1.29 is 32.0 Å². The van der Waals surface area contributed by atoms with Crippen LogP contribution < -0.4 is 4.74 Å². The van der Waals surface area contributed by atoms with Gasteiger partial charge in [-0.2, -0.15) is 18.2 Å². The van der Waals surface area contributed by atoms with Gasteiger partial charge in [0.1, 0.15) is 5.75 Å². The van der Waals surface area contributed by atoms with Gasteiger partial charge in [0.25, 0.3) is 0 Å². The van der Waals surface area contributed by atoms with Crippen LogP contribution in [0.25, 0.3) is 11.4 Å². The number of para-hydroxylation sites is 1. The second kappa shape index (κ2) is 11.0. The monoisotopic (exact) mass is 463 g/mol. The van der Waals surface area contributed by atoms with Gasteiger partial charge in [-0.3, -0.25) is 9.69 Å². The van der Waals surface area contributed by atoms with E-state index < -0.39 is 17.7 Å². The minimum atomic E-state index is -4.42. The Morgan fingerprint density at radius 3 is 2.42 bits per heavy atom. The highest BCUT2D eigenvalue weighted by atomic mass is 19.4. The van der Waals surface area contributed by atoms with E-state index in [1.165, 1.54) is 12.1 Å². The zero-order valence-electron chi connectivity index (χ0n) is 18.3. The van der Waals surface area contributed by atoms with Crippen molar-refractivity contribution in [2.45, 2.75) is 33.1 Å². The molecule has 0 amide bonds. The van der Waals surface area contributed by atoms with Crippen molar-refractivity contribution in [2.24, 2.45) is 0 Å². The Hall–Kier alpha value is -3.40. The van der Waals surface area contributed by atoms with Gasteiger partial charge >= 0.3 is 12.1 Å². The molecule has 33 heavy (non-hydrogen) atoms. The summed E-state index contributed by atoms with van der Waals surface area (Å²) in [5.41, 5.74) is 0.514. The molecule has 0 aliphatic rings. The second-order valence-electron chi connectivity index (χ2n) is 7.09. The molecule has 2 aromatic carbocycles. The van der Waals surface area contributed by atoms with Crippen molar-refractivity contribution in [3.63, 3.8) is 0 Å². The average Bonchev–Trinajstić information content (AvgIpc) is 3.22. The van der Waals surface area contributed by atoms with E-state index in [1.807, 2.05) is 19.1 Å². The van der Waals surface area contributed by atoms with E-state index in [1.54, 1.807) is 24.0 Å². The molecule has 0 aliphatic carbocycles. The van der Waals surface area contributed by atoms with Crippen LogP contribution in [0, 0.1) is 0 Å². The molecule has 0 unspecified atom stereocenters. The van der Waals surface area contributed by atoms with E-state index in [0.29, 0.717) is 29.3 Å². The molecule has 176 valence electrons. The fourth-order valence-corrected chi connectivity index (χ4v) is 3.17. The first-order valence-corrected chi connectivity index (χ1v) is 10.4. The van der Waals surface area contributed by atoms with Crippen molar-refractivity contribution in [1.82, 2.24) is 15.0 Å². The predicted molar refractivity (Wildman–Crippen MR) is 113 cm³/mol. The van der Waals surface area contributed by atoms with Gasteiger partial charge in [0, 0.05) is 6.54 Å². The van der Waals surface area contributed by atoms with Crippen LogP contribution in [0.2, 0.25) is 0 Å². The maximum Gasteiger partial charge on any atom is 0.416 e. The molecule has 0 radical (unpaired) electrons. The average molecular weight is 463 g/mol. The second-order valence-corrected chi connectivity index (χ2v) is 7.09. The van der Waals surface area contributed by atoms with Crippen LogP contribution in [-0.4, -0.2) is 40.8 Å². The Bertz CT molecular complexity index is 1050. The highest BCUT2D eigenvalue weighted by molar-refractivity contribution is 5.71. The summed E-state index contributed by atoms with van der Waals surface area (Å²) in [6, 6.07) is 12.0. The van der Waals surface area contributed by atoms with Crippen LogP contribution in [-0.2, 0) is 28.8 Å². The van der Waals surface area contributed by atoms with Crippen LogP contribution >= 0.6 is 0 Å². The minimum absolute atomic E-state index is 0.0951. The van der Waals surface area contributed by atoms with Crippen molar-refractivity contribution in [3.05, 3.63) is 65.5 Å². The first-order chi connectivity index (χ1) is 15.8. The summed E-state index contributed by atoms with van der Waals surface area (Å²) in [5.74, 6) is 0.721. The lowest BCUT2D eigenvalue weighted by molar-refractivity contribution is -0.144. The number of hydrogen-bond acceptors (Lipinski definition) is 7. The number of benzene rings is 2. The third-order valence-electron chi connectivity index (χ3n) is 4.60. The molecule has 7 nitrogen and oxygen atoms in total. The standard InChI is InChI=1S/C23H24F3N3O4/c1-3-31-19-8-6-5-7-18(19)22-27-20(33-28-22)14-29(15-21(30)32-4-2)13-16-9-11-17(12-10-16)23(24,25)26/h5-12H,3-4,13-15H2,1-2H3. The molecule has 10 heteroatoms. The van der Waals surface area contributed by atoms with Crippen LogP contribution in [0.1, 0.15) is 30.9 Å². The molecule has 0 N–H and O–H groups in total. The Kier molecular flexibility index (Phi) is 8.05. The van der Waals surface area contributed by atoms with Crippen LogP contribution in [0.15, 0.2) is 53.1 Å². The SMILES string of the molecule is CCOC(=O)CN(Cc1ccc(C(F)(F)F)cc1)Cc1nc(-c2ccccc2OCC)no1. The van der Waals surface area contributed by atoms with Gasteiger partial charge < -0.3 is 14.0 Å². The number of esters is 1. The molecule has 1 heterocycles. The topological polar surface area (TPSA) is 77.7 Å². The van der Waals surface area contributed by atoms with E-state index >= 15 is 0 Å². The molecule has 3 rings (SSSR count). The van der Waals surface area contributed by atoms with E-state index in [4.69, 9.17) is 14.0 Å². The molecule has 0 atom stereocenters. The highest BCUT2D eigenvalue weighted by Crippen LogP contribution is 2.30. The summed E-state index contributed by atoms with van der Waals surface area (Å²) in [6.45, 7) is 4.44. The van der Waals surface area contributed by atoms with E-state index in [-0.39, 0.29) is 32.1 Å². The van der Waals surface area contributed by atoms with Crippen LogP contribution in [0.4, 0.5) is 13.2 Å². The number of aromatic nitrogens is 2. The van der Waals surface area contributed by atoms with Crippen LogP contribution in [0.3, 0.4) is 0 Å². The molecule has 0 saturated carbocycles. The van der Waals surface area contributed by atoms with Gasteiger partial charge in [-0.05, 0) is 43.7 Å². The van der Waals surface area contributed by atoms with Crippen molar-refractivity contribution in [1.29, 1.82) is 0 Å². The lowest BCUT2D eigenvalue weighted by atomic mass is 10.1. The van der Waals surface area contributed by atoms with Crippen molar-refractivity contribution in [3.8, 4) is 17.1 Å². The summed E-state index contributed by atoms with van der Waals surface area (Å²) >= 11 is 0. The smallest absolute Gasteiger partial charge is 0.416 e. The predicted octanol–water partition coefficient (Wildman–Crippen LogP) is 4.72. The third kappa shape index (κ3) is 6.79. The first-order valence-electron chi connectivity index (χ1n) is 10.4. The van der Waals surface area contributed by atoms with Gasteiger partial charge in [-0.25, -0.2) is 0 Å². The van der Waals surface area contributed by atoms with E-state index in [9.17, 15) is 18.0 Å². The van der Waals surface area contributed by atoms with Gasteiger partial charge in [0.15, 0.2) is 0 Å². The van der Waals surface area contributed by atoms with E-state index in [0.717, 1.165) is 12.1 Å².